The molecule has 0 aliphatic rings. The second kappa shape index (κ2) is 5.30. The molecule has 0 aliphatic heterocycles. The Balaban J connectivity index is 3.90. The third kappa shape index (κ3) is 7.99. The molecule has 0 aromatic rings. The van der Waals surface area contributed by atoms with Crippen molar-refractivity contribution in [3.8, 4) is 0 Å². The highest BCUT2D eigenvalue weighted by Gasteiger charge is 2.22. The molecule has 0 aromatic carbocycles. The number of carbonyl (C=O) groups excluding carboxylic acids is 2. The van der Waals surface area contributed by atoms with Gasteiger partial charge in [-0.05, 0) is 32.7 Å². The number of rotatable bonds is 4. The molecule has 0 N–H and O–H groups in total. The molecule has 0 aliphatic carbocycles. The molecule has 0 amide bonds. The summed E-state index contributed by atoms with van der Waals surface area (Å²) in [6, 6.07) is 0. The van der Waals surface area contributed by atoms with Crippen molar-refractivity contribution in [2.45, 2.75) is 39.2 Å². The van der Waals surface area contributed by atoms with E-state index in [1.165, 1.54) is 0 Å². The van der Waals surface area contributed by atoms with Crippen LogP contribution in [0.4, 0.5) is 0 Å². The average molecular weight is 234 g/mol. The van der Waals surface area contributed by atoms with E-state index in [1.54, 1.807) is 0 Å². The molecule has 4 nitrogen and oxygen atoms in total. The van der Waals surface area contributed by atoms with Gasteiger partial charge in [0.15, 0.2) is 0 Å². The van der Waals surface area contributed by atoms with E-state index < -0.39 is 29.3 Å². The lowest BCUT2D eigenvalue weighted by Crippen LogP contribution is -2.31. The fraction of sp³-hybridized carbons (Fsp3) is 0.750. The van der Waals surface area contributed by atoms with E-state index >= 15 is 0 Å². The van der Waals surface area contributed by atoms with Gasteiger partial charge in [-0.25, -0.2) is 0 Å². The summed E-state index contributed by atoms with van der Waals surface area (Å²) in [5.41, 5.74) is 0. The molecule has 0 saturated heterocycles. The van der Waals surface area contributed by atoms with Crippen molar-refractivity contribution in [3.05, 3.63) is 0 Å². The van der Waals surface area contributed by atoms with Gasteiger partial charge in [0.05, 0.1) is 0 Å². The van der Waals surface area contributed by atoms with Gasteiger partial charge < -0.3 is 8.85 Å². The van der Waals surface area contributed by atoms with Gasteiger partial charge in [0.2, 0.25) is 17.4 Å². The maximum absolute atomic E-state index is 11.2. The predicted octanol–water partition coefficient (Wildman–Crippen LogP) is 1.28. The van der Waals surface area contributed by atoms with Gasteiger partial charge in [-0.15, -0.1) is 0 Å². The monoisotopic (exact) mass is 234 g/mol. The van der Waals surface area contributed by atoms with Crippen LogP contribution in [0.25, 0.3) is 0 Å². The van der Waals surface area contributed by atoms with Gasteiger partial charge in [-0.3, -0.25) is 9.59 Å². The van der Waals surface area contributed by atoms with Gasteiger partial charge >= 0.3 is 11.9 Å². The number of hydrogen-bond acceptors (Lipinski definition) is 4. The summed E-state index contributed by atoms with van der Waals surface area (Å²) < 4.78 is 10.1. The van der Waals surface area contributed by atoms with E-state index in [4.69, 9.17) is 8.85 Å². The van der Waals surface area contributed by atoms with Crippen LogP contribution in [0.5, 0.6) is 0 Å². The number of hydrogen-bond donors (Lipinski definition) is 0. The Morgan fingerprint density at radius 2 is 1.64 bits per heavy atom. The van der Waals surface area contributed by atoms with Crippen molar-refractivity contribution >= 4 is 29.3 Å². The smallest absolute Gasteiger partial charge is 0.303 e. The first-order valence-corrected chi connectivity index (χ1v) is 10.8. The highest BCUT2D eigenvalue weighted by molar-refractivity contribution is 6.71. The molecule has 0 radical (unpaired) electrons. The van der Waals surface area contributed by atoms with Crippen LogP contribution >= 0.6 is 0 Å². The third-order valence-corrected chi connectivity index (χ3v) is 2.65. The standard InChI is InChI=1S/C8H18O4Si2/c1-13(2)11-7(9)6-8(10)12-14(3,4)5/h13H,6H2,1-5H3. The van der Waals surface area contributed by atoms with Crippen molar-refractivity contribution in [2.24, 2.45) is 0 Å². The summed E-state index contributed by atoms with van der Waals surface area (Å²) >= 11 is 0. The lowest BCUT2D eigenvalue weighted by Gasteiger charge is -2.17. The summed E-state index contributed by atoms with van der Waals surface area (Å²) in [5.74, 6) is -0.932. The Morgan fingerprint density at radius 1 is 1.14 bits per heavy atom. The van der Waals surface area contributed by atoms with Crippen LogP contribution in [0.2, 0.25) is 32.7 Å². The maximum Gasteiger partial charge on any atom is 0.303 e. The SMILES string of the molecule is C[SiH](C)OC(=O)CC(=O)O[Si](C)(C)C. The topological polar surface area (TPSA) is 52.6 Å². The maximum atomic E-state index is 11.2. The van der Waals surface area contributed by atoms with E-state index in [0.29, 0.717) is 0 Å². The molecule has 0 aromatic heterocycles. The van der Waals surface area contributed by atoms with Gasteiger partial charge in [-0.1, -0.05) is 0 Å². The van der Waals surface area contributed by atoms with Crippen molar-refractivity contribution in [3.63, 3.8) is 0 Å². The Morgan fingerprint density at radius 3 is 2.00 bits per heavy atom. The van der Waals surface area contributed by atoms with E-state index in [0.717, 1.165) is 0 Å². The average Bonchev–Trinajstić information content (AvgIpc) is 1.77. The van der Waals surface area contributed by atoms with E-state index in [-0.39, 0.29) is 6.42 Å². The minimum atomic E-state index is -1.87. The second-order valence-corrected chi connectivity index (χ2v) is 11.1. The Bertz CT molecular complexity index is 220. The zero-order valence-electron chi connectivity index (χ0n) is 9.42. The molecule has 0 unspecified atom stereocenters. The van der Waals surface area contributed by atoms with Crippen molar-refractivity contribution in [2.75, 3.05) is 0 Å². The summed E-state index contributed by atoms with van der Waals surface area (Å²) in [6.45, 7) is 9.44. The molecular weight excluding hydrogens is 216 g/mol. The van der Waals surface area contributed by atoms with Gasteiger partial charge in [-0.2, -0.15) is 0 Å². The zero-order valence-corrected chi connectivity index (χ0v) is 11.6. The van der Waals surface area contributed by atoms with Crippen LogP contribution < -0.4 is 0 Å². The normalized spacial score (nSPS) is 11.3. The molecule has 0 spiro atoms. The van der Waals surface area contributed by atoms with Crippen molar-refractivity contribution in [1.29, 1.82) is 0 Å². The van der Waals surface area contributed by atoms with Crippen LogP contribution in [0.1, 0.15) is 6.42 Å². The van der Waals surface area contributed by atoms with Crippen LogP contribution in [-0.4, -0.2) is 29.3 Å². The highest BCUT2D eigenvalue weighted by Crippen LogP contribution is 2.05. The second-order valence-electron chi connectivity index (χ2n) is 4.30. The third-order valence-electron chi connectivity index (χ3n) is 1.08. The minimum Gasteiger partial charge on any atom is -0.522 e. The van der Waals surface area contributed by atoms with Gasteiger partial charge in [0.25, 0.3) is 0 Å². The van der Waals surface area contributed by atoms with Crippen LogP contribution in [0.15, 0.2) is 0 Å². The molecule has 0 heterocycles. The molecule has 0 atom stereocenters. The summed E-state index contributed by atoms with van der Waals surface area (Å²) in [7, 11) is -3.26. The molecule has 82 valence electrons. The van der Waals surface area contributed by atoms with Crippen LogP contribution in [-0.2, 0) is 18.4 Å². The van der Waals surface area contributed by atoms with Gasteiger partial charge in [0.1, 0.15) is 6.42 Å². The first kappa shape index (κ1) is 13.4. The first-order chi connectivity index (χ1) is 6.20. The van der Waals surface area contributed by atoms with Crippen LogP contribution in [0, 0.1) is 0 Å². The van der Waals surface area contributed by atoms with Crippen molar-refractivity contribution < 1.29 is 18.4 Å². The summed E-state index contributed by atoms with van der Waals surface area (Å²) in [4.78, 5) is 22.3. The molecule has 0 rings (SSSR count). The molecule has 6 heteroatoms. The lowest BCUT2D eigenvalue weighted by molar-refractivity contribution is -0.144. The van der Waals surface area contributed by atoms with Gasteiger partial charge in [0, 0.05) is 0 Å². The quantitative estimate of drug-likeness (QED) is 0.543. The molecule has 0 bridgehead atoms. The molecule has 0 fully saturated rings. The first-order valence-electron chi connectivity index (χ1n) is 4.62. The fourth-order valence-electron chi connectivity index (χ4n) is 0.800. The molecule has 14 heavy (non-hydrogen) atoms. The molecule has 0 saturated carbocycles. The highest BCUT2D eigenvalue weighted by atomic mass is 28.4. The largest absolute Gasteiger partial charge is 0.522 e. The summed E-state index contributed by atoms with van der Waals surface area (Å²) in [5, 5.41) is 0. The molecular formula is C8H18O4Si2. The lowest BCUT2D eigenvalue weighted by atomic mass is 10.5. The van der Waals surface area contributed by atoms with E-state index in [9.17, 15) is 9.59 Å². The Hall–Kier alpha value is -0.626. The van der Waals surface area contributed by atoms with E-state index in [2.05, 4.69) is 0 Å². The Kier molecular flexibility index (Phi) is 5.07. The van der Waals surface area contributed by atoms with Crippen molar-refractivity contribution in [1.82, 2.24) is 0 Å². The fourth-order valence-corrected chi connectivity index (χ4v) is 2.16. The zero-order chi connectivity index (χ0) is 11.4. The van der Waals surface area contributed by atoms with E-state index in [1.807, 2.05) is 32.7 Å². The number of carbonyl (C=O) groups is 2. The summed E-state index contributed by atoms with van der Waals surface area (Å²) in [6.07, 6.45) is -0.255. The minimum absolute atomic E-state index is 0.255. The predicted molar refractivity (Wildman–Crippen MR) is 59.0 cm³/mol. The Labute approximate surface area is 87.4 Å². The van der Waals surface area contributed by atoms with Crippen LogP contribution in [0.3, 0.4) is 0 Å².